The molecule has 0 saturated carbocycles. The van der Waals surface area contributed by atoms with E-state index in [-0.39, 0.29) is 11.9 Å². The molecule has 2 aromatic rings. The van der Waals surface area contributed by atoms with Crippen LogP contribution in [0.1, 0.15) is 24.2 Å². The number of carbonyl (C=O) groups is 2. The smallest absolute Gasteiger partial charge is 0.317 e. The minimum Gasteiger partial charge on any atom is -0.357 e. The van der Waals surface area contributed by atoms with Gasteiger partial charge in [-0.2, -0.15) is 0 Å². The summed E-state index contributed by atoms with van der Waals surface area (Å²) in [5.41, 5.74) is 0.577. The zero-order chi connectivity index (χ0) is 20.3. The Bertz CT molecular complexity index is 858. The molecule has 1 spiro atoms. The largest absolute Gasteiger partial charge is 0.357 e. The lowest BCUT2D eigenvalue weighted by Gasteiger charge is -2.45. The molecule has 3 heterocycles. The average Bonchev–Trinajstić information content (AvgIpc) is 3.24. The summed E-state index contributed by atoms with van der Waals surface area (Å²) >= 11 is 0. The highest BCUT2D eigenvalue weighted by molar-refractivity contribution is 5.80. The van der Waals surface area contributed by atoms with Crippen LogP contribution in [-0.4, -0.2) is 59.2 Å². The molecule has 1 saturated heterocycles. The van der Waals surface area contributed by atoms with E-state index in [9.17, 15) is 9.59 Å². The van der Waals surface area contributed by atoms with E-state index in [1.54, 1.807) is 13.2 Å². The molecule has 3 amide bonds. The molecule has 8 heteroatoms. The minimum absolute atomic E-state index is 0.0576. The van der Waals surface area contributed by atoms with Crippen LogP contribution in [0, 0.1) is 0 Å². The number of hydrogen-bond donors (Lipinski definition) is 2. The van der Waals surface area contributed by atoms with E-state index in [2.05, 4.69) is 27.8 Å². The number of aromatic nitrogens is 2. The Morgan fingerprint density at radius 3 is 2.72 bits per heavy atom. The number of piperidine rings is 1. The van der Waals surface area contributed by atoms with Gasteiger partial charge in [0.2, 0.25) is 0 Å². The lowest BCUT2D eigenvalue weighted by molar-refractivity contribution is -0.171. The maximum absolute atomic E-state index is 12.6. The lowest BCUT2D eigenvalue weighted by Crippen LogP contribution is -2.55. The van der Waals surface area contributed by atoms with Gasteiger partial charge in [-0.1, -0.05) is 30.3 Å². The predicted octanol–water partition coefficient (Wildman–Crippen LogP) is 1.27. The fourth-order valence-corrected chi connectivity index (χ4v) is 4.18. The number of amides is 3. The quantitative estimate of drug-likeness (QED) is 0.813. The Morgan fingerprint density at radius 1 is 1.24 bits per heavy atom. The van der Waals surface area contributed by atoms with E-state index in [1.807, 2.05) is 33.9 Å². The number of ether oxygens (including phenoxy) is 1. The van der Waals surface area contributed by atoms with Gasteiger partial charge in [-0.3, -0.25) is 4.79 Å². The van der Waals surface area contributed by atoms with Gasteiger partial charge in [0.25, 0.3) is 5.91 Å². The van der Waals surface area contributed by atoms with Crippen LogP contribution in [0.5, 0.6) is 0 Å². The number of imidazole rings is 1. The Kier molecular flexibility index (Phi) is 5.53. The highest BCUT2D eigenvalue weighted by Gasteiger charge is 2.47. The molecule has 1 aromatic carbocycles. The van der Waals surface area contributed by atoms with Crippen LogP contribution in [0.3, 0.4) is 0 Å². The number of fused-ring (bicyclic) bond motifs is 2. The number of likely N-dealkylation sites (tertiary alicyclic amines) is 1. The fourth-order valence-electron chi connectivity index (χ4n) is 4.18. The third-order valence-electron chi connectivity index (χ3n) is 5.78. The van der Waals surface area contributed by atoms with Gasteiger partial charge in [-0.15, -0.1) is 0 Å². The second-order valence-electron chi connectivity index (χ2n) is 7.57. The van der Waals surface area contributed by atoms with Crippen LogP contribution in [0.25, 0.3) is 0 Å². The normalized spacial score (nSPS) is 20.2. The first-order valence-corrected chi connectivity index (χ1v) is 10.1. The molecule has 0 unspecified atom stereocenters. The van der Waals surface area contributed by atoms with Crippen molar-refractivity contribution in [2.75, 3.05) is 26.7 Å². The van der Waals surface area contributed by atoms with Crippen LogP contribution >= 0.6 is 0 Å². The van der Waals surface area contributed by atoms with Gasteiger partial charge < -0.3 is 24.8 Å². The monoisotopic (exact) mass is 397 g/mol. The maximum Gasteiger partial charge on any atom is 0.317 e. The van der Waals surface area contributed by atoms with E-state index in [1.165, 1.54) is 5.56 Å². The Hall–Kier alpha value is -2.87. The van der Waals surface area contributed by atoms with Crippen LogP contribution in [-0.2, 0) is 28.1 Å². The van der Waals surface area contributed by atoms with E-state index in [4.69, 9.17) is 4.74 Å². The van der Waals surface area contributed by atoms with E-state index >= 15 is 0 Å². The molecule has 4 rings (SSSR count). The van der Waals surface area contributed by atoms with Crippen LogP contribution in [0.15, 0.2) is 42.7 Å². The van der Waals surface area contributed by atoms with Gasteiger partial charge in [-0.05, 0) is 12.0 Å². The van der Waals surface area contributed by atoms with Gasteiger partial charge in [0.1, 0.15) is 11.4 Å². The van der Waals surface area contributed by atoms with Crippen LogP contribution in [0.4, 0.5) is 4.79 Å². The van der Waals surface area contributed by atoms with Crippen LogP contribution < -0.4 is 10.6 Å². The summed E-state index contributed by atoms with van der Waals surface area (Å²) in [4.78, 5) is 31.1. The van der Waals surface area contributed by atoms with Crippen molar-refractivity contribution in [3.8, 4) is 0 Å². The van der Waals surface area contributed by atoms with Crippen molar-refractivity contribution in [3.63, 3.8) is 0 Å². The summed E-state index contributed by atoms with van der Waals surface area (Å²) in [5, 5.41) is 5.67. The van der Waals surface area contributed by atoms with Gasteiger partial charge in [0, 0.05) is 51.9 Å². The number of benzene rings is 1. The number of likely N-dealkylation sites (N-methyl/N-ethyl adjacent to an activating group) is 1. The van der Waals surface area contributed by atoms with Crippen molar-refractivity contribution in [1.29, 1.82) is 0 Å². The molecule has 0 aliphatic carbocycles. The second kappa shape index (κ2) is 8.24. The second-order valence-corrected chi connectivity index (χ2v) is 7.57. The lowest BCUT2D eigenvalue weighted by atomic mass is 9.88. The molecule has 1 aromatic heterocycles. The molecule has 2 aliphatic rings. The van der Waals surface area contributed by atoms with E-state index < -0.39 is 11.7 Å². The first-order valence-electron chi connectivity index (χ1n) is 10.1. The Balaban J connectivity index is 1.35. The molecule has 0 bridgehead atoms. The topological polar surface area (TPSA) is 88.5 Å². The summed E-state index contributed by atoms with van der Waals surface area (Å²) in [6, 6.07) is 10.0. The number of hydrogen-bond acceptors (Lipinski definition) is 4. The highest BCUT2D eigenvalue weighted by atomic mass is 16.5. The summed E-state index contributed by atoms with van der Waals surface area (Å²) in [7, 11) is 1.62. The minimum atomic E-state index is -0.625. The molecular weight excluding hydrogens is 370 g/mol. The van der Waals surface area contributed by atoms with Gasteiger partial charge in [0.05, 0.1) is 6.54 Å². The third-order valence-corrected chi connectivity index (χ3v) is 5.78. The number of rotatable bonds is 4. The van der Waals surface area contributed by atoms with Crippen molar-refractivity contribution in [3.05, 3.63) is 54.1 Å². The van der Waals surface area contributed by atoms with Crippen molar-refractivity contribution in [2.45, 2.75) is 37.5 Å². The van der Waals surface area contributed by atoms with E-state index in [0.717, 1.165) is 12.2 Å². The van der Waals surface area contributed by atoms with Crippen LogP contribution in [0.2, 0.25) is 0 Å². The summed E-state index contributed by atoms with van der Waals surface area (Å²) in [5.74, 6) is 0.714. The summed E-state index contributed by atoms with van der Waals surface area (Å²) in [6.07, 6.45) is 5.12. The van der Waals surface area contributed by atoms with Crippen molar-refractivity contribution in [1.82, 2.24) is 25.1 Å². The molecule has 2 N–H and O–H groups in total. The number of nitrogens with zero attached hydrogens (tertiary/aromatic N) is 3. The summed E-state index contributed by atoms with van der Waals surface area (Å²) in [6.45, 7) is 2.18. The maximum atomic E-state index is 12.6. The number of carbonyl (C=O) groups excluding carboxylic acids is 2. The Labute approximate surface area is 170 Å². The SMILES string of the molecule is CNC(=O)[C@H]1Cn2ccnc2C2(CCN(C(=O)NCCc3ccccc3)CC2)O1. The molecule has 2 aliphatic heterocycles. The van der Waals surface area contributed by atoms with Gasteiger partial charge in [-0.25, -0.2) is 9.78 Å². The number of urea groups is 1. The molecule has 29 heavy (non-hydrogen) atoms. The molecule has 8 nitrogen and oxygen atoms in total. The molecule has 154 valence electrons. The standard InChI is InChI=1S/C21H27N5O3/c1-22-18(27)17-15-26-14-11-23-19(26)21(29-17)8-12-25(13-9-21)20(28)24-10-7-16-5-3-2-4-6-16/h2-6,11,14,17H,7-10,12-13,15H2,1H3,(H,22,27)(H,24,28)/t17-/m1/s1. The number of nitrogens with one attached hydrogen (secondary N) is 2. The van der Waals surface area contributed by atoms with Gasteiger partial charge >= 0.3 is 6.03 Å². The molecule has 1 atom stereocenters. The zero-order valence-corrected chi connectivity index (χ0v) is 16.6. The predicted molar refractivity (Wildman–Crippen MR) is 107 cm³/mol. The first kappa shape index (κ1) is 19.4. The zero-order valence-electron chi connectivity index (χ0n) is 16.6. The molecule has 1 fully saturated rings. The highest BCUT2D eigenvalue weighted by Crippen LogP contribution is 2.40. The first-order chi connectivity index (χ1) is 14.1. The van der Waals surface area contributed by atoms with Crippen molar-refractivity contribution in [2.24, 2.45) is 0 Å². The fraction of sp³-hybridized carbons (Fsp3) is 0.476. The van der Waals surface area contributed by atoms with Gasteiger partial charge in [0.15, 0.2) is 6.10 Å². The summed E-state index contributed by atoms with van der Waals surface area (Å²) < 4.78 is 8.26. The van der Waals surface area contributed by atoms with E-state index in [0.29, 0.717) is 39.0 Å². The van der Waals surface area contributed by atoms with Crippen molar-refractivity contribution >= 4 is 11.9 Å². The average molecular weight is 397 g/mol. The van der Waals surface area contributed by atoms with Crippen molar-refractivity contribution < 1.29 is 14.3 Å². The molecule has 0 radical (unpaired) electrons. The third kappa shape index (κ3) is 3.98. The molecular formula is C21H27N5O3. The Morgan fingerprint density at radius 2 is 2.00 bits per heavy atom.